The Morgan fingerprint density at radius 1 is 1.00 bits per heavy atom. The zero-order valence-corrected chi connectivity index (χ0v) is 14.6. The molecule has 0 saturated heterocycles. The smallest absolute Gasteiger partial charge is 0.158 e. The Labute approximate surface area is 132 Å². The van der Waals surface area contributed by atoms with Crippen molar-refractivity contribution in [3.63, 3.8) is 0 Å². The van der Waals surface area contributed by atoms with E-state index in [2.05, 4.69) is 5.32 Å². The van der Waals surface area contributed by atoms with Crippen LogP contribution in [-0.4, -0.2) is 16.9 Å². The molecule has 0 bridgehead atoms. The summed E-state index contributed by atoms with van der Waals surface area (Å²) in [5.74, 6) is -1.31. The van der Waals surface area contributed by atoms with Gasteiger partial charge in [-0.1, -0.05) is 26.8 Å². The number of rotatable bonds is 4. The Bertz CT molecular complexity index is 535. The summed E-state index contributed by atoms with van der Waals surface area (Å²) < 4.78 is 28.0. The molecule has 22 heavy (non-hydrogen) atoms. The van der Waals surface area contributed by atoms with Gasteiger partial charge < -0.3 is 5.32 Å². The molecule has 1 aromatic rings. The molecule has 0 spiro atoms. The zero-order valence-electron chi connectivity index (χ0n) is 14.6. The van der Waals surface area contributed by atoms with Gasteiger partial charge in [0.15, 0.2) is 5.78 Å². The van der Waals surface area contributed by atoms with Crippen LogP contribution in [0.2, 0.25) is 0 Å². The van der Waals surface area contributed by atoms with Crippen molar-refractivity contribution < 1.29 is 13.6 Å². The maximum atomic E-state index is 14.0. The molecular formula is C18H27F2NO. The predicted molar refractivity (Wildman–Crippen MR) is 85.8 cm³/mol. The van der Waals surface area contributed by atoms with Crippen LogP contribution in [0.3, 0.4) is 0 Å². The molecule has 124 valence electrons. The summed E-state index contributed by atoms with van der Waals surface area (Å²) in [4.78, 5) is 12.9. The second-order valence-electron chi connectivity index (χ2n) is 8.16. The van der Waals surface area contributed by atoms with Crippen molar-refractivity contribution in [3.05, 3.63) is 35.4 Å². The van der Waals surface area contributed by atoms with Gasteiger partial charge in [-0.3, -0.25) is 4.79 Å². The molecule has 0 heterocycles. The van der Waals surface area contributed by atoms with Crippen LogP contribution in [0.5, 0.6) is 0 Å². The lowest BCUT2D eigenvalue weighted by molar-refractivity contribution is -0.133. The maximum absolute atomic E-state index is 14.0. The van der Waals surface area contributed by atoms with E-state index in [1.165, 1.54) is 18.2 Å². The van der Waals surface area contributed by atoms with E-state index in [1.54, 1.807) is 6.92 Å². The van der Waals surface area contributed by atoms with Gasteiger partial charge in [-0.25, -0.2) is 8.78 Å². The topological polar surface area (TPSA) is 29.1 Å². The fraction of sp³-hybridized carbons (Fsp3) is 0.611. The summed E-state index contributed by atoms with van der Waals surface area (Å²) in [6.45, 7) is 13.0. The van der Waals surface area contributed by atoms with Crippen LogP contribution in [0.15, 0.2) is 18.2 Å². The van der Waals surface area contributed by atoms with Crippen molar-refractivity contribution in [1.82, 2.24) is 5.32 Å². The third kappa shape index (κ3) is 4.60. The third-order valence-electron chi connectivity index (χ3n) is 3.43. The first-order valence-corrected chi connectivity index (χ1v) is 7.53. The highest BCUT2D eigenvalue weighted by molar-refractivity contribution is 5.92. The number of ketones is 1. The number of hydrogen-bond donors (Lipinski definition) is 1. The van der Waals surface area contributed by atoms with Crippen LogP contribution in [0.4, 0.5) is 8.78 Å². The van der Waals surface area contributed by atoms with E-state index in [4.69, 9.17) is 0 Å². The molecule has 0 radical (unpaired) electrons. The van der Waals surface area contributed by atoms with Gasteiger partial charge in [-0.05, 0) is 39.8 Å². The summed E-state index contributed by atoms with van der Waals surface area (Å²) in [6, 6.07) is 3.77. The Morgan fingerprint density at radius 2 is 1.45 bits per heavy atom. The molecule has 0 aliphatic rings. The van der Waals surface area contributed by atoms with E-state index in [1.807, 2.05) is 41.5 Å². The van der Waals surface area contributed by atoms with Gasteiger partial charge in [-0.2, -0.15) is 0 Å². The van der Waals surface area contributed by atoms with E-state index in [0.29, 0.717) is 0 Å². The van der Waals surface area contributed by atoms with Crippen LogP contribution in [0, 0.1) is 17.0 Å². The minimum absolute atomic E-state index is 0.0289. The largest absolute Gasteiger partial charge is 0.300 e. The molecule has 1 N–H and O–H groups in total. The number of carbonyl (C=O) groups excluding carboxylic acids is 1. The average Bonchev–Trinajstić information content (AvgIpc) is 2.30. The van der Waals surface area contributed by atoms with E-state index in [-0.39, 0.29) is 23.3 Å². The fourth-order valence-corrected chi connectivity index (χ4v) is 2.89. The van der Waals surface area contributed by atoms with Gasteiger partial charge in [0.1, 0.15) is 11.6 Å². The molecule has 4 heteroatoms. The lowest BCUT2D eigenvalue weighted by atomic mass is 9.75. The highest BCUT2D eigenvalue weighted by Gasteiger charge is 2.42. The van der Waals surface area contributed by atoms with E-state index in [9.17, 15) is 13.6 Å². The van der Waals surface area contributed by atoms with Crippen LogP contribution in [0.25, 0.3) is 0 Å². The molecule has 1 rings (SSSR count). The van der Waals surface area contributed by atoms with Crippen LogP contribution < -0.4 is 5.32 Å². The van der Waals surface area contributed by atoms with Crippen molar-refractivity contribution in [3.8, 4) is 0 Å². The number of nitrogens with one attached hydrogen (secondary N) is 1. The first-order chi connectivity index (χ1) is 9.76. The SMILES string of the molecule is CC(C)(C)NC(C)(Cc1c(F)cccc1F)C(=O)C(C)(C)C. The number of benzene rings is 1. The molecule has 0 aliphatic heterocycles. The van der Waals surface area contributed by atoms with E-state index in [0.717, 1.165) is 0 Å². The van der Waals surface area contributed by atoms with Crippen molar-refractivity contribution >= 4 is 5.78 Å². The number of hydrogen-bond acceptors (Lipinski definition) is 2. The predicted octanol–water partition coefficient (Wildman–Crippen LogP) is 4.27. The van der Waals surface area contributed by atoms with Gasteiger partial charge in [0.25, 0.3) is 0 Å². The summed E-state index contributed by atoms with van der Waals surface area (Å²) in [5.41, 5.74) is -2.09. The average molecular weight is 311 g/mol. The molecule has 0 aliphatic carbocycles. The minimum atomic E-state index is -1.06. The second kappa shape index (κ2) is 6.07. The number of carbonyl (C=O) groups is 1. The Morgan fingerprint density at radius 3 is 1.82 bits per heavy atom. The maximum Gasteiger partial charge on any atom is 0.158 e. The molecule has 0 amide bonds. The fourth-order valence-electron chi connectivity index (χ4n) is 2.89. The number of halogens is 2. The molecule has 1 unspecified atom stereocenters. The van der Waals surface area contributed by atoms with Crippen molar-refractivity contribution in [1.29, 1.82) is 0 Å². The summed E-state index contributed by atoms with van der Waals surface area (Å²) in [5, 5.41) is 3.26. The van der Waals surface area contributed by atoms with Crippen LogP contribution in [0.1, 0.15) is 54.0 Å². The lowest BCUT2D eigenvalue weighted by Crippen LogP contribution is -2.61. The minimum Gasteiger partial charge on any atom is -0.300 e. The quantitative estimate of drug-likeness (QED) is 0.899. The zero-order chi connectivity index (χ0) is 17.3. The first kappa shape index (κ1) is 18.8. The second-order valence-corrected chi connectivity index (χ2v) is 8.16. The molecule has 0 saturated carbocycles. The molecule has 1 atom stereocenters. The van der Waals surface area contributed by atoms with Gasteiger partial charge in [0, 0.05) is 22.9 Å². The highest BCUT2D eigenvalue weighted by Crippen LogP contribution is 2.29. The van der Waals surface area contributed by atoms with Crippen molar-refractivity contribution in [2.75, 3.05) is 0 Å². The summed E-state index contributed by atoms with van der Waals surface area (Å²) >= 11 is 0. The molecule has 1 aromatic carbocycles. The van der Waals surface area contributed by atoms with E-state index < -0.39 is 22.6 Å². The standard InChI is InChI=1S/C18H27F2NO/c1-16(2,3)15(22)18(7,21-17(4,5)6)11-12-13(19)9-8-10-14(12)20/h8-10,21H,11H2,1-7H3. The Balaban J connectivity index is 3.31. The van der Waals surface area contributed by atoms with Gasteiger partial charge >= 0.3 is 0 Å². The highest BCUT2D eigenvalue weighted by atomic mass is 19.1. The summed E-state index contributed by atoms with van der Waals surface area (Å²) in [7, 11) is 0. The Kier molecular flexibility index (Phi) is 5.18. The van der Waals surface area contributed by atoms with E-state index >= 15 is 0 Å². The van der Waals surface area contributed by atoms with Gasteiger partial charge in [0.2, 0.25) is 0 Å². The first-order valence-electron chi connectivity index (χ1n) is 7.53. The normalized spacial score (nSPS) is 15.5. The number of Topliss-reactive ketones (excluding diaryl/α,β-unsaturated/α-hetero) is 1. The summed E-state index contributed by atoms with van der Waals surface area (Å²) in [6.07, 6.45) is -0.0289. The van der Waals surface area contributed by atoms with Crippen LogP contribution in [-0.2, 0) is 11.2 Å². The van der Waals surface area contributed by atoms with Gasteiger partial charge in [-0.15, -0.1) is 0 Å². The molecule has 0 fully saturated rings. The van der Waals surface area contributed by atoms with Crippen molar-refractivity contribution in [2.24, 2.45) is 5.41 Å². The molecule has 2 nitrogen and oxygen atoms in total. The van der Waals surface area contributed by atoms with Crippen LogP contribution >= 0.6 is 0 Å². The van der Waals surface area contributed by atoms with Crippen molar-refractivity contribution in [2.45, 2.75) is 66.0 Å². The van der Waals surface area contributed by atoms with Gasteiger partial charge in [0.05, 0.1) is 5.54 Å². The third-order valence-corrected chi connectivity index (χ3v) is 3.43. The molecular weight excluding hydrogens is 284 g/mol. The molecule has 0 aromatic heterocycles. The lowest BCUT2D eigenvalue weighted by Gasteiger charge is -2.40. The monoisotopic (exact) mass is 311 g/mol. The Hall–Kier alpha value is -1.29.